The molecule has 4 heteroatoms. The fourth-order valence-corrected chi connectivity index (χ4v) is 11.3. The molecule has 0 saturated heterocycles. The lowest BCUT2D eigenvalue weighted by Crippen LogP contribution is -2.14. The van der Waals surface area contributed by atoms with Gasteiger partial charge in [0, 0.05) is 69.2 Å². The zero-order valence-electron chi connectivity index (χ0n) is 27.6. The van der Waals surface area contributed by atoms with Gasteiger partial charge in [-0.3, -0.25) is 0 Å². The Balaban J connectivity index is 1.36. The maximum atomic E-state index is 4.27. The highest BCUT2D eigenvalue weighted by atomic mass is 14.9. The average molecular weight is 589 g/mol. The van der Waals surface area contributed by atoms with Gasteiger partial charge in [-0.05, 0) is 147 Å². The Morgan fingerprint density at radius 3 is 0.795 bits per heavy atom. The standard InChI is InChI=1S/C40H52N4/c1-5-21-25-13-9-18-30-34-23(7-3)27-15-11-20-32(39(27)43-34)36-24(8-4)28-16-12-19-31(40(28)44-36)35-22(6-2)26-14-10-17-29(38(26)42-35)33(21)41-37(25)30/h29-32,41-44H,5-20H2,1-4H3. The summed E-state index contributed by atoms with van der Waals surface area (Å²) in [6.45, 7) is 9.64. The van der Waals surface area contributed by atoms with E-state index in [2.05, 4.69) is 47.6 Å². The molecule has 4 N–H and O–H groups in total. The van der Waals surface area contributed by atoms with Crippen molar-refractivity contribution in [3.63, 3.8) is 0 Å². The van der Waals surface area contributed by atoms with E-state index in [1.54, 1.807) is 90.1 Å². The Bertz CT molecular complexity index is 1490. The number of hydrogen-bond donors (Lipinski definition) is 4. The number of aromatic amines is 4. The smallest absolute Gasteiger partial charge is 0.0397 e. The molecule has 4 aliphatic carbocycles. The predicted molar refractivity (Wildman–Crippen MR) is 180 cm³/mol. The Labute approximate surface area is 263 Å². The summed E-state index contributed by atoms with van der Waals surface area (Å²) >= 11 is 0. The van der Waals surface area contributed by atoms with Crippen LogP contribution in [0, 0.1) is 0 Å². The van der Waals surface area contributed by atoms with Gasteiger partial charge in [0.2, 0.25) is 0 Å². The summed E-state index contributed by atoms with van der Waals surface area (Å²) in [5.74, 6) is 1.86. The molecule has 8 bridgehead atoms. The van der Waals surface area contributed by atoms with Gasteiger partial charge in [-0.1, -0.05) is 27.7 Å². The first-order chi connectivity index (χ1) is 21.7. The zero-order chi connectivity index (χ0) is 29.7. The summed E-state index contributed by atoms with van der Waals surface area (Å²) in [5.41, 5.74) is 25.7. The Hall–Kier alpha value is -2.88. The van der Waals surface area contributed by atoms with Gasteiger partial charge in [-0.25, -0.2) is 0 Å². The highest BCUT2D eigenvalue weighted by molar-refractivity contribution is 5.56. The Kier molecular flexibility index (Phi) is 6.44. The normalized spacial score (nSPS) is 25.0. The zero-order valence-corrected chi connectivity index (χ0v) is 27.6. The predicted octanol–water partition coefficient (Wildman–Crippen LogP) is 9.43. The highest BCUT2D eigenvalue weighted by Crippen LogP contribution is 2.51. The van der Waals surface area contributed by atoms with E-state index in [1.807, 2.05) is 0 Å². The molecule has 232 valence electrons. The molecule has 44 heavy (non-hydrogen) atoms. The summed E-state index contributed by atoms with van der Waals surface area (Å²) < 4.78 is 0. The quantitative estimate of drug-likeness (QED) is 0.184. The third kappa shape index (κ3) is 3.63. The van der Waals surface area contributed by atoms with Gasteiger partial charge in [0.05, 0.1) is 0 Å². The second-order valence-corrected chi connectivity index (χ2v) is 14.8. The van der Waals surface area contributed by atoms with Crippen LogP contribution in [0.5, 0.6) is 0 Å². The molecule has 5 aliphatic rings. The van der Waals surface area contributed by atoms with Crippen LogP contribution in [0.25, 0.3) is 0 Å². The van der Waals surface area contributed by atoms with Crippen LogP contribution in [0.1, 0.15) is 193 Å². The van der Waals surface area contributed by atoms with Gasteiger partial charge in [-0.2, -0.15) is 0 Å². The van der Waals surface area contributed by atoms with E-state index in [9.17, 15) is 0 Å². The van der Waals surface area contributed by atoms with Crippen LogP contribution in [0.2, 0.25) is 0 Å². The minimum absolute atomic E-state index is 0.465. The molecule has 1 aliphatic heterocycles. The lowest BCUT2D eigenvalue weighted by molar-refractivity contribution is 0.569. The van der Waals surface area contributed by atoms with Gasteiger partial charge in [0.25, 0.3) is 0 Å². The van der Waals surface area contributed by atoms with E-state index in [0.29, 0.717) is 23.7 Å². The van der Waals surface area contributed by atoms with Gasteiger partial charge < -0.3 is 19.9 Å². The largest absolute Gasteiger partial charge is 0.361 e. The summed E-state index contributed by atoms with van der Waals surface area (Å²) in [5, 5.41) is 0. The van der Waals surface area contributed by atoms with Crippen molar-refractivity contribution in [1.29, 1.82) is 0 Å². The number of hydrogen-bond acceptors (Lipinski definition) is 0. The van der Waals surface area contributed by atoms with Gasteiger partial charge in [0.1, 0.15) is 0 Å². The highest BCUT2D eigenvalue weighted by Gasteiger charge is 2.40. The molecular weight excluding hydrogens is 536 g/mol. The van der Waals surface area contributed by atoms with E-state index in [-0.39, 0.29) is 0 Å². The van der Waals surface area contributed by atoms with Crippen LogP contribution < -0.4 is 0 Å². The third-order valence-electron chi connectivity index (χ3n) is 13.0. The second-order valence-electron chi connectivity index (χ2n) is 14.8. The van der Waals surface area contributed by atoms with Gasteiger partial charge >= 0.3 is 0 Å². The molecule has 9 rings (SSSR count). The SMILES string of the molecule is CCc1c2[nH]c3c1CCCC3c1[nH]c3c(c1CC)CCCC3c1[nH]c3c(c1CC)CCCC3c1[nH]c3c(c1CC)CCCC23. The van der Waals surface area contributed by atoms with Crippen molar-refractivity contribution in [2.45, 2.75) is 154 Å². The number of rotatable bonds is 4. The lowest BCUT2D eigenvalue weighted by Gasteiger charge is -2.24. The van der Waals surface area contributed by atoms with E-state index in [4.69, 9.17) is 0 Å². The lowest BCUT2D eigenvalue weighted by atomic mass is 9.78. The summed E-state index contributed by atoms with van der Waals surface area (Å²) in [7, 11) is 0. The molecule has 4 nitrogen and oxygen atoms in total. The monoisotopic (exact) mass is 588 g/mol. The van der Waals surface area contributed by atoms with Crippen molar-refractivity contribution in [3.8, 4) is 0 Å². The number of H-pyrrole nitrogens is 4. The van der Waals surface area contributed by atoms with Crippen LogP contribution in [0.15, 0.2) is 0 Å². The fraction of sp³-hybridized carbons (Fsp3) is 0.600. The topological polar surface area (TPSA) is 63.2 Å². The van der Waals surface area contributed by atoms with Crippen molar-refractivity contribution < 1.29 is 0 Å². The Morgan fingerprint density at radius 2 is 0.591 bits per heavy atom. The van der Waals surface area contributed by atoms with Crippen LogP contribution in [0.4, 0.5) is 0 Å². The minimum atomic E-state index is 0.465. The average Bonchev–Trinajstić information content (AvgIpc) is 3.82. The summed E-state index contributed by atoms with van der Waals surface area (Å²) in [6.07, 6.45) is 19.7. The van der Waals surface area contributed by atoms with Crippen molar-refractivity contribution in [2.75, 3.05) is 0 Å². The first-order valence-corrected chi connectivity index (χ1v) is 18.6. The molecular formula is C40H52N4. The summed E-state index contributed by atoms with van der Waals surface area (Å²) in [6, 6.07) is 0. The van der Waals surface area contributed by atoms with Crippen molar-refractivity contribution in [3.05, 3.63) is 90.1 Å². The van der Waals surface area contributed by atoms with Crippen LogP contribution in [0.3, 0.4) is 0 Å². The minimum Gasteiger partial charge on any atom is -0.361 e. The molecule has 4 unspecified atom stereocenters. The molecule has 4 aromatic heterocycles. The maximum Gasteiger partial charge on any atom is 0.0397 e. The number of fused-ring (bicyclic) bond motifs is 8. The van der Waals surface area contributed by atoms with Gasteiger partial charge in [-0.15, -0.1) is 0 Å². The van der Waals surface area contributed by atoms with E-state index in [1.165, 1.54) is 77.0 Å². The molecule has 0 fully saturated rings. The molecule has 0 aromatic carbocycles. The van der Waals surface area contributed by atoms with Crippen LogP contribution in [-0.2, 0) is 51.4 Å². The molecule has 0 amide bonds. The summed E-state index contributed by atoms with van der Waals surface area (Å²) in [4.78, 5) is 17.1. The second kappa shape index (κ2) is 10.3. The molecule has 4 aromatic rings. The molecule has 0 saturated carbocycles. The number of aromatic nitrogens is 4. The molecule has 4 atom stereocenters. The van der Waals surface area contributed by atoms with E-state index < -0.39 is 0 Å². The maximum absolute atomic E-state index is 4.27. The first-order valence-electron chi connectivity index (χ1n) is 18.6. The Morgan fingerprint density at radius 1 is 0.364 bits per heavy atom. The van der Waals surface area contributed by atoms with E-state index in [0.717, 1.165) is 25.7 Å². The molecule has 5 heterocycles. The fourth-order valence-electron chi connectivity index (χ4n) is 11.3. The van der Waals surface area contributed by atoms with E-state index >= 15 is 0 Å². The first kappa shape index (κ1) is 27.4. The third-order valence-corrected chi connectivity index (χ3v) is 13.0. The van der Waals surface area contributed by atoms with Crippen molar-refractivity contribution in [2.24, 2.45) is 0 Å². The number of nitrogens with one attached hydrogen (secondary N) is 4. The van der Waals surface area contributed by atoms with Crippen LogP contribution in [-0.4, -0.2) is 19.9 Å². The van der Waals surface area contributed by atoms with Crippen LogP contribution >= 0.6 is 0 Å². The molecule has 0 spiro atoms. The van der Waals surface area contributed by atoms with Crippen molar-refractivity contribution in [1.82, 2.24) is 19.9 Å². The van der Waals surface area contributed by atoms with Crippen molar-refractivity contribution >= 4 is 0 Å². The van der Waals surface area contributed by atoms with Gasteiger partial charge in [0.15, 0.2) is 0 Å². The molecule has 0 radical (unpaired) electrons.